The summed E-state index contributed by atoms with van der Waals surface area (Å²) in [6.45, 7) is 0.511. The lowest BCUT2D eigenvalue weighted by Gasteiger charge is -2.07. The van der Waals surface area contributed by atoms with Gasteiger partial charge in [-0.05, 0) is 40.8 Å². The fourth-order valence-electron chi connectivity index (χ4n) is 2.37. The highest BCUT2D eigenvalue weighted by Gasteiger charge is 2.08. The lowest BCUT2D eigenvalue weighted by Crippen LogP contribution is -2.41. The first-order valence-corrected chi connectivity index (χ1v) is 9.79. The zero-order valence-corrected chi connectivity index (χ0v) is 15.2. The molecule has 3 aromatic rings. The summed E-state index contributed by atoms with van der Waals surface area (Å²) in [7, 11) is 0. The van der Waals surface area contributed by atoms with E-state index in [2.05, 4.69) is 16.7 Å². The van der Waals surface area contributed by atoms with Crippen LogP contribution in [0.1, 0.15) is 4.88 Å². The number of urea groups is 1. The Morgan fingerprint density at radius 3 is 2.64 bits per heavy atom. The quantitative estimate of drug-likeness (QED) is 0.643. The van der Waals surface area contributed by atoms with Crippen LogP contribution in [0.15, 0.2) is 64.9 Å². The number of thioether (sulfide) groups is 1. The van der Waals surface area contributed by atoms with Crippen LogP contribution in [0.2, 0.25) is 0 Å². The Balaban J connectivity index is 1.41. The molecule has 6 heteroatoms. The minimum absolute atomic E-state index is 0.205. The van der Waals surface area contributed by atoms with Crippen LogP contribution in [0.3, 0.4) is 0 Å². The van der Waals surface area contributed by atoms with Gasteiger partial charge in [0.2, 0.25) is 5.91 Å². The van der Waals surface area contributed by atoms with Gasteiger partial charge in [-0.2, -0.15) is 0 Å². The molecule has 0 aliphatic carbocycles. The average molecular weight is 370 g/mol. The third-order valence-electron chi connectivity index (χ3n) is 3.58. The first-order chi connectivity index (χ1) is 12.2. The van der Waals surface area contributed by atoms with Gasteiger partial charge >= 0.3 is 6.03 Å². The number of hydrogen-bond acceptors (Lipinski definition) is 4. The third kappa shape index (κ3) is 5.34. The van der Waals surface area contributed by atoms with Crippen molar-refractivity contribution in [2.75, 3.05) is 12.3 Å². The van der Waals surface area contributed by atoms with Gasteiger partial charge in [-0.25, -0.2) is 4.79 Å². The van der Waals surface area contributed by atoms with E-state index in [1.54, 1.807) is 11.3 Å². The molecular weight excluding hydrogens is 352 g/mol. The van der Waals surface area contributed by atoms with Crippen molar-refractivity contribution >= 4 is 45.8 Å². The molecule has 3 rings (SSSR count). The number of carbonyl (C=O) groups is 2. The van der Waals surface area contributed by atoms with E-state index >= 15 is 0 Å². The van der Waals surface area contributed by atoms with Crippen molar-refractivity contribution in [1.82, 2.24) is 10.6 Å². The average Bonchev–Trinajstić information content (AvgIpc) is 3.13. The van der Waals surface area contributed by atoms with Gasteiger partial charge < -0.3 is 5.32 Å². The lowest BCUT2D eigenvalue weighted by molar-refractivity contribution is -0.117. The van der Waals surface area contributed by atoms with Gasteiger partial charge in [-0.1, -0.05) is 36.4 Å². The van der Waals surface area contributed by atoms with Crippen LogP contribution < -0.4 is 10.6 Å². The van der Waals surface area contributed by atoms with Crippen molar-refractivity contribution < 1.29 is 9.59 Å². The van der Waals surface area contributed by atoms with Crippen molar-refractivity contribution in [2.45, 2.75) is 11.3 Å². The van der Waals surface area contributed by atoms with Crippen molar-refractivity contribution in [3.8, 4) is 0 Å². The zero-order chi connectivity index (χ0) is 17.5. The fraction of sp³-hybridized carbons (Fsp3) is 0.158. The van der Waals surface area contributed by atoms with Crippen LogP contribution in [0.5, 0.6) is 0 Å². The maximum atomic E-state index is 11.9. The summed E-state index contributed by atoms with van der Waals surface area (Å²) in [5.41, 5.74) is 0. The molecule has 0 aliphatic rings. The maximum absolute atomic E-state index is 11.9. The molecule has 0 aliphatic heterocycles. The minimum Gasteiger partial charge on any atom is -0.337 e. The van der Waals surface area contributed by atoms with E-state index < -0.39 is 6.03 Å². The second-order valence-corrected chi connectivity index (χ2v) is 7.51. The van der Waals surface area contributed by atoms with E-state index in [9.17, 15) is 9.59 Å². The third-order valence-corrected chi connectivity index (χ3v) is 5.51. The molecule has 2 aromatic carbocycles. The summed E-state index contributed by atoms with van der Waals surface area (Å²) in [5.74, 6) is -0.0942. The highest BCUT2D eigenvalue weighted by atomic mass is 32.2. The highest BCUT2D eigenvalue weighted by Crippen LogP contribution is 2.23. The topological polar surface area (TPSA) is 58.2 Å². The van der Waals surface area contributed by atoms with Crippen molar-refractivity contribution in [2.24, 2.45) is 0 Å². The molecule has 128 valence electrons. The number of imide groups is 1. The summed E-state index contributed by atoms with van der Waals surface area (Å²) < 4.78 is 0. The van der Waals surface area contributed by atoms with Gasteiger partial charge in [-0.15, -0.1) is 23.1 Å². The minimum atomic E-state index is -0.444. The van der Waals surface area contributed by atoms with Gasteiger partial charge in [0.25, 0.3) is 0 Å². The second-order valence-electron chi connectivity index (χ2n) is 5.43. The Labute approximate surface area is 154 Å². The van der Waals surface area contributed by atoms with E-state index in [4.69, 9.17) is 0 Å². The van der Waals surface area contributed by atoms with Gasteiger partial charge in [0.15, 0.2) is 0 Å². The molecule has 0 fully saturated rings. The second kappa shape index (κ2) is 8.69. The predicted molar refractivity (Wildman–Crippen MR) is 104 cm³/mol. The van der Waals surface area contributed by atoms with E-state index in [1.807, 2.05) is 53.9 Å². The molecule has 0 radical (unpaired) electrons. The predicted octanol–water partition coefficient (Wildman–Crippen LogP) is 4.06. The van der Waals surface area contributed by atoms with Crippen LogP contribution in [0.25, 0.3) is 10.8 Å². The molecular formula is C19H18N2O2S2. The molecule has 0 saturated heterocycles. The van der Waals surface area contributed by atoms with Crippen molar-refractivity contribution in [3.05, 3.63) is 64.9 Å². The number of rotatable bonds is 6. The Hall–Kier alpha value is -2.31. The summed E-state index contributed by atoms with van der Waals surface area (Å²) in [6, 6.07) is 17.7. The summed E-state index contributed by atoms with van der Waals surface area (Å²) in [5, 5.41) is 9.37. The van der Waals surface area contributed by atoms with Crippen LogP contribution in [-0.4, -0.2) is 24.2 Å². The lowest BCUT2D eigenvalue weighted by atomic mass is 10.1. The van der Waals surface area contributed by atoms with E-state index in [1.165, 1.54) is 22.0 Å². The first kappa shape index (κ1) is 17.5. The van der Waals surface area contributed by atoms with Crippen LogP contribution in [0.4, 0.5) is 4.79 Å². The maximum Gasteiger partial charge on any atom is 0.321 e. The largest absolute Gasteiger partial charge is 0.337 e. The Kier molecular flexibility index (Phi) is 6.09. The number of benzene rings is 2. The number of hydrogen-bond donors (Lipinski definition) is 2. The molecule has 25 heavy (non-hydrogen) atoms. The number of amides is 3. The van der Waals surface area contributed by atoms with E-state index in [-0.39, 0.29) is 11.7 Å². The SMILES string of the molecule is O=C(CSc1ccc2ccccc2c1)NC(=O)NCCc1cccs1. The van der Waals surface area contributed by atoms with Gasteiger partial charge in [0, 0.05) is 16.3 Å². The zero-order valence-electron chi connectivity index (χ0n) is 13.5. The Morgan fingerprint density at radius 1 is 1.00 bits per heavy atom. The van der Waals surface area contributed by atoms with E-state index in [0.717, 1.165) is 16.7 Å². The van der Waals surface area contributed by atoms with Crippen molar-refractivity contribution in [1.29, 1.82) is 0 Å². The molecule has 1 aromatic heterocycles. The number of carbonyl (C=O) groups excluding carboxylic acids is 2. The molecule has 0 atom stereocenters. The smallest absolute Gasteiger partial charge is 0.321 e. The molecule has 1 heterocycles. The number of nitrogens with one attached hydrogen (secondary N) is 2. The highest BCUT2D eigenvalue weighted by molar-refractivity contribution is 8.00. The molecule has 0 spiro atoms. The molecule has 0 bridgehead atoms. The van der Waals surface area contributed by atoms with Crippen LogP contribution in [-0.2, 0) is 11.2 Å². The number of thiophene rings is 1. The molecule has 0 unspecified atom stereocenters. The fourth-order valence-corrected chi connectivity index (χ4v) is 3.82. The van der Waals surface area contributed by atoms with Crippen LogP contribution in [0, 0.1) is 0 Å². The summed E-state index contributed by atoms with van der Waals surface area (Å²) >= 11 is 3.07. The normalized spacial score (nSPS) is 10.6. The summed E-state index contributed by atoms with van der Waals surface area (Å²) in [4.78, 5) is 25.8. The first-order valence-electron chi connectivity index (χ1n) is 7.92. The monoisotopic (exact) mass is 370 g/mol. The molecule has 0 saturated carbocycles. The van der Waals surface area contributed by atoms with Crippen molar-refractivity contribution in [3.63, 3.8) is 0 Å². The van der Waals surface area contributed by atoms with Crippen LogP contribution >= 0.6 is 23.1 Å². The standard InChI is InChI=1S/C19H18N2O2S2/c22-18(21-19(23)20-10-9-16-6-3-11-24-16)13-25-17-8-7-14-4-1-2-5-15(14)12-17/h1-8,11-12H,9-10,13H2,(H2,20,21,22,23). The summed E-state index contributed by atoms with van der Waals surface area (Å²) in [6.07, 6.45) is 0.769. The Morgan fingerprint density at radius 2 is 1.84 bits per heavy atom. The number of fused-ring (bicyclic) bond motifs is 1. The Bertz CT molecular complexity index is 863. The van der Waals surface area contributed by atoms with Gasteiger partial charge in [0.05, 0.1) is 5.75 Å². The van der Waals surface area contributed by atoms with E-state index in [0.29, 0.717) is 6.54 Å². The van der Waals surface area contributed by atoms with Gasteiger partial charge in [-0.3, -0.25) is 10.1 Å². The molecule has 3 amide bonds. The molecule has 4 nitrogen and oxygen atoms in total. The van der Waals surface area contributed by atoms with Gasteiger partial charge in [0.1, 0.15) is 0 Å². The molecule has 2 N–H and O–H groups in total.